The van der Waals surface area contributed by atoms with Gasteiger partial charge in [-0.05, 0) is 49.2 Å². The number of hydrogen-bond acceptors (Lipinski definition) is 4. The lowest BCUT2D eigenvalue weighted by Gasteiger charge is -2.11. The van der Waals surface area contributed by atoms with E-state index in [4.69, 9.17) is 4.74 Å². The van der Waals surface area contributed by atoms with Crippen LogP contribution in [-0.4, -0.2) is 15.9 Å². The number of benzene rings is 3. The molecule has 1 heterocycles. The van der Waals surface area contributed by atoms with Crippen molar-refractivity contribution in [2.45, 2.75) is 33.3 Å². The van der Waals surface area contributed by atoms with Crippen LogP contribution in [0.1, 0.15) is 35.9 Å². The summed E-state index contributed by atoms with van der Waals surface area (Å²) in [6, 6.07) is 21.4. The van der Waals surface area contributed by atoms with Crippen LogP contribution in [0.4, 0.5) is 0 Å². The van der Waals surface area contributed by atoms with Gasteiger partial charge in [0, 0.05) is 16.5 Å². The second-order valence-electron chi connectivity index (χ2n) is 7.62. The molecule has 0 fully saturated rings. The minimum atomic E-state index is -0.186. The van der Waals surface area contributed by atoms with Crippen molar-refractivity contribution >= 4 is 33.0 Å². The zero-order chi connectivity index (χ0) is 22.5. The van der Waals surface area contributed by atoms with Gasteiger partial charge >= 0.3 is 0 Å². The van der Waals surface area contributed by atoms with E-state index in [1.807, 2.05) is 48.5 Å². The van der Waals surface area contributed by atoms with Crippen LogP contribution in [0.3, 0.4) is 0 Å². The van der Waals surface area contributed by atoms with Gasteiger partial charge in [-0.15, -0.1) is 0 Å². The smallest absolute Gasteiger partial charge is 0.282 e. The largest absolute Gasteiger partial charge is 0.488 e. The molecular formula is C26H24BrN3O2. The lowest BCUT2D eigenvalue weighted by Crippen LogP contribution is -2.22. The van der Waals surface area contributed by atoms with Crippen LogP contribution >= 0.6 is 15.9 Å². The van der Waals surface area contributed by atoms with Crippen LogP contribution in [0.5, 0.6) is 5.75 Å². The predicted octanol–water partition coefficient (Wildman–Crippen LogP) is 5.88. The summed E-state index contributed by atoms with van der Waals surface area (Å²) in [4.78, 5) is 17.9. The number of ether oxygens (including phenoxy) is 1. The van der Waals surface area contributed by atoms with Crippen molar-refractivity contribution in [1.29, 1.82) is 0 Å². The number of para-hydroxylation sites is 1. The standard InChI is InChI=1S/C26H24BrN3O2/c1-3-7-25-29-23-13-12-21(27)15-22(23)26(31)30(25)28-16-20-10-4-5-11-24(20)32-17-19-9-6-8-18(2)14-19/h4-6,8-16H,3,7,17H2,1-2H3. The quantitative estimate of drug-likeness (QED) is 0.304. The van der Waals surface area contributed by atoms with E-state index in [1.165, 1.54) is 10.2 Å². The van der Waals surface area contributed by atoms with E-state index in [1.54, 1.807) is 12.3 Å². The van der Waals surface area contributed by atoms with Crippen molar-refractivity contribution < 1.29 is 4.74 Å². The minimum Gasteiger partial charge on any atom is -0.488 e. The van der Waals surface area contributed by atoms with E-state index in [-0.39, 0.29) is 5.56 Å². The zero-order valence-electron chi connectivity index (χ0n) is 18.1. The maximum absolute atomic E-state index is 13.2. The highest BCUT2D eigenvalue weighted by Gasteiger charge is 2.11. The monoisotopic (exact) mass is 489 g/mol. The molecule has 1 aromatic heterocycles. The molecule has 0 aliphatic rings. The molecule has 5 nitrogen and oxygen atoms in total. The Balaban J connectivity index is 1.68. The molecule has 0 unspecified atom stereocenters. The molecule has 4 aromatic rings. The van der Waals surface area contributed by atoms with Crippen LogP contribution in [0.25, 0.3) is 10.9 Å². The van der Waals surface area contributed by atoms with Gasteiger partial charge in [0.1, 0.15) is 18.2 Å². The van der Waals surface area contributed by atoms with Gasteiger partial charge in [-0.25, -0.2) is 4.98 Å². The lowest BCUT2D eigenvalue weighted by atomic mass is 10.1. The first kappa shape index (κ1) is 22.0. The summed E-state index contributed by atoms with van der Waals surface area (Å²) in [5.41, 5.74) is 3.58. The van der Waals surface area contributed by atoms with E-state index in [2.05, 4.69) is 52.0 Å². The summed E-state index contributed by atoms with van der Waals surface area (Å²) in [6.45, 7) is 4.57. The highest BCUT2D eigenvalue weighted by molar-refractivity contribution is 9.10. The summed E-state index contributed by atoms with van der Waals surface area (Å²) in [5, 5.41) is 5.05. The normalized spacial score (nSPS) is 11.3. The predicted molar refractivity (Wildman–Crippen MR) is 133 cm³/mol. The SMILES string of the molecule is CCCc1nc2ccc(Br)cc2c(=O)n1N=Cc1ccccc1OCc1cccc(C)c1. The Hall–Kier alpha value is -3.25. The molecule has 0 amide bonds. The molecule has 3 aromatic carbocycles. The number of aryl methyl sites for hydroxylation is 2. The molecule has 0 aliphatic heterocycles. The van der Waals surface area contributed by atoms with Gasteiger partial charge in [-0.2, -0.15) is 9.78 Å². The minimum absolute atomic E-state index is 0.186. The Bertz CT molecular complexity index is 1340. The number of hydrogen-bond donors (Lipinski definition) is 0. The van der Waals surface area contributed by atoms with Gasteiger partial charge in [-0.1, -0.05) is 64.8 Å². The van der Waals surface area contributed by atoms with E-state index in [9.17, 15) is 4.79 Å². The topological polar surface area (TPSA) is 56.5 Å². The Morgan fingerprint density at radius 2 is 1.94 bits per heavy atom. The molecule has 6 heteroatoms. The molecule has 32 heavy (non-hydrogen) atoms. The Kier molecular flexibility index (Phi) is 6.81. The van der Waals surface area contributed by atoms with Gasteiger partial charge in [0.15, 0.2) is 0 Å². The summed E-state index contributed by atoms with van der Waals surface area (Å²) < 4.78 is 8.29. The molecule has 0 bridgehead atoms. The molecule has 0 atom stereocenters. The molecular weight excluding hydrogens is 466 g/mol. The fourth-order valence-electron chi connectivity index (χ4n) is 3.50. The summed E-state index contributed by atoms with van der Waals surface area (Å²) in [6.07, 6.45) is 3.18. The third kappa shape index (κ3) is 4.97. The van der Waals surface area contributed by atoms with Crippen molar-refractivity contribution in [3.63, 3.8) is 0 Å². The highest BCUT2D eigenvalue weighted by atomic mass is 79.9. The molecule has 0 spiro atoms. The van der Waals surface area contributed by atoms with Gasteiger partial charge in [0.2, 0.25) is 0 Å². The first-order chi connectivity index (χ1) is 15.5. The van der Waals surface area contributed by atoms with Crippen molar-refractivity contribution in [3.8, 4) is 5.75 Å². The van der Waals surface area contributed by atoms with Gasteiger partial charge < -0.3 is 4.74 Å². The number of fused-ring (bicyclic) bond motifs is 1. The third-order valence-corrected chi connectivity index (χ3v) is 5.55. The van der Waals surface area contributed by atoms with Crippen LogP contribution in [0.15, 0.2) is 81.1 Å². The van der Waals surface area contributed by atoms with Crippen molar-refractivity contribution in [3.05, 3.63) is 104 Å². The fourth-order valence-corrected chi connectivity index (χ4v) is 3.86. The number of rotatable bonds is 7. The van der Waals surface area contributed by atoms with Crippen molar-refractivity contribution in [2.24, 2.45) is 5.10 Å². The van der Waals surface area contributed by atoms with E-state index < -0.39 is 0 Å². The second kappa shape index (κ2) is 9.92. The molecule has 0 saturated heterocycles. The number of halogens is 1. The number of nitrogens with zero attached hydrogens (tertiary/aromatic N) is 3. The van der Waals surface area contributed by atoms with Crippen LogP contribution < -0.4 is 10.3 Å². The molecule has 162 valence electrons. The maximum Gasteiger partial charge on any atom is 0.282 e. The summed E-state index contributed by atoms with van der Waals surface area (Å²) in [5.74, 6) is 1.35. The van der Waals surface area contributed by atoms with Crippen molar-refractivity contribution in [2.75, 3.05) is 0 Å². The van der Waals surface area contributed by atoms with Crippen molar-refractivity contribution in [1.82, 2.24) is 9.66 Å². The maximum atomic E-state index is 13.2. The Labute approximate surface area is 195 Å². The van der Waals surface area contributed by atoms with Crippen LogP contribution in [0, 0.1) is 6.92 Å². The Morgan fingerprint density at radius 1 is 1.09 bits per heavy atom. The fraction of sp³-hybridized carbons (Fsp3) is 0.192. The zero-order valence-corrected chi connectivity index (χ0v) is 19.7. The highest BCUT2D eigenvalue weighted by Crippen LogP contribution is 2.19. The van der Waals surface area contributed by atoms with E-state index in [0.717, 1.165) is 22.0 Å². The summed E-state index contributed by atoms with van der Waals surface area (Å²) in [7, 11) is 0. The molecule has 4 rings (SSSR count). The summed E-state index contributed by atoms with van der Waals surface area (Å²) >= 11 is 3.44. The number of aromatic nitrogens is 2. The van der Waals surface area contributed by atoms with E-state index >= 15 is 0 Å². The average molecular weight is 490 g/mol. The molecule has 0 N–H and O–H groups in total. The molecule has 0 saturated carbocycles. The molecule has 0 aliphatic carbocycles. The Morgan fingerprint density at radius 3 is 2.75 bits per heavy atom. The first-order valence-electron chi connectivity index (χ1n) is 10.6. The lowest BCUT2D eigenvalue weighted by molar-refractivity contribution is 0.305. The first-order valence-corrected chi connectivity index (χ1v) is 11.4. The average Bonchev–Trinajstić information content (AvgIpc) is 2.79. The van der Waals surface area contributed by atoms with Gasteiger partial charge in [0.05, 0.1) is 17.1 Å². The third-order valence-electron chi connectivity index (χ3n) is 5.06. The van der Waals surface area contributed by atoms with Crippen LogP contribution in [-0.2, 0) is 13.0 Å². The second-order valence-corrected chi connectivity index (χ2v) is 8.53. The van der Waals surface area contributed by atoms with Gasteiger partial charge in [-0.3, -0.25) is 4.79 Å². The molecule has 0 radical (unpaired) electrons. The van der Waals surface area contributed by atoms with Gasteiger partial charge in [0.25, 0.3) is 5.56 Å². The van der Waals surface area contributed by atoms with Crippen LogP contribution in [0.2, 0.25) is 0 Å². The van der Waals surface area contributed by atoms with E-state index in [0.29, 0.717) is 35.5 Å².